The fourth-order valence-electron chi connectivity index (χ4n) is 2.33. The number of nitrogens with one attached hydrogen (secondary N) is 1. The zero-order chi connectivity index (χ0) is 16.8. The minimum absolute atomic E-state index is 0. The lowest BCUT2D eigenvalue weighted by Gasteiger charge is -2.07. The molecule has 0 aliphatic carbocycles. The van der Waals surface area contributed by atoms with Crippen molar-refractivity contribution in [1.82, 2.24) is 14.5 Å². The molecule has 6 nitrogen and oxygen atoms in total. The van der Waals surface area contributed by atoms with E-state index in [2.05, 4.69) is 39.3 Å². The second kappa shape index (κ2) is 9.16. The maximum absolute atomic E-state index is 5.99. The summed E-state index contributed by atoms with van der Waals surface area (Å²) in [5.41, 5.74) is 9.22. The van der Waals surface area contributed by atoms with Crippen molar-refractivity contribution in [2.45, 2.75) is 19.9 Å². The van der Waals surface area contributed by atoms with E-state index in [1.54, 1.807) is 18.7 Å². The monoisotopic (exact) mass is 448 g/mol. The molecule has 0 saturated heterocycles. The summed E-state index contributed by atoms with van der Waals surface area (Å²) in [6.07, 6.45) is 8.03. The van der Waals surface area contributed by atoms with Gasteiger partial charge in [-0.1, -0.05) is 19.1 Å². The molecular formula is C18H21IN6. The number of pyridine rings is 1. The van der Waals surface area contributed by atoms with Crippen LogP contribution in [-0.2, 0) is 13.0 Å². The third-order valence-electron chi connectivity index (χ3n) is 3.62. The number of aryl methyl sites for hydroxylation is 1. The van der Waals surface area contributed by atoms with Gasteiger partial charge in [-0.2, -0.15) is 0 Å². The molecule has 3 N–H and O–H groups in total. The number of hydrogen-bond donors (Lipinski definition) is 2. The topological polar surface area (TPSA) is 81.1 Å². The van der Waals surface area contributed by atoms with Gasteiger partial charge >= 0.3 is 0 Å². The average molecular weight is 448 g/mol. The summed E-state index contributed by atoms with van der Waals surface area (Å²) in [7, 11) is 0. The van der Waals surface area contributed by atoms with Crippen molar-refractivity contribution in [2.75, 3.05) is 5.32 Å². The molecule has 130 valence electrons. The van der Waals surface area contributed by atoms with E-state index in [1.807, 2.05) is 35.0 Å². The van der Waals surface area contributed by atoms with Crippen molar-refractivity contribution in [3.05, 3.63) is 72.4 Å². The minimum Gasteiger partial charge on any atom is -0.370 e. The number of aliphatic imine (C=N–C) groups is 1. The minimum atomic E-state index is 0. The quantitative estimate of drug-likeness (QED) is 0.356. The molecule has 0 radical (unpaired) electrons. The lowest BCUT2D eigenvalue weighted by Crippen LogP contribution is -2.22. The molecule has 0 spiro atoms. The first-order chi connectivity index (χ1) is 11.7. The first kappa shape index (κ1) is 18.9. The zero-order valence-electron chi connectivity index (χ0n) is 14.0. The molecule has 2 heterocycles. The van der Waals surface area contributed by atoms with Crippen LogP contribution in [0, 0.1) is 0 Å². The van der Waals surface area contributed by atoms with Crippen LogP contribution in [0.5, 0.6) is 0 Å². The van der Waals surface area contributed by atoms with E-state index < -0.39 is 0 Å². The highest BCUT2D eigenvalue weighted by Gasteiger charge is 2.00. The number of nitrogens with zero attached hydrogens (tertiary/aromatic N) is 4. The van der Waals surface area contributed by atoms with Crippen molar-refractivity contribution in [1.29, 1.82) is 0 Å². The Bertz CT molecular complexity index is 829. The van der Waals surface area contributed by atoms with Gasteiger partial charge in [-0.3, -0.25) is 4.57 Å². The number of hydrogen-bond acceptors (Lipinski definition) is 3. The number of aromatic nitrogens is 3. The number of rotatable bonds is 5. The molecule has 0 aliphatic heterocycles. The second-order valence-electron chi connectivity index (χ2n) is 5.37. The van der Waals surface area contributed by atoms with E-state index >= 15 is 0 Å². The van der Waals surface area contributed by atoms with E-state index in [-0.39, 0.29) is 24.0 Å². The fraction of sp³-hybridized carbons (Fsp3) is 0.167. The number of anilines is 1. The Kier molecular flexibility index (Phi) is 6.93. The number of imidazole rings is 1. The zero-order valence-corrected chi connectivity index (χ0v) is 16.3. The molecule has 7 heteroatoms. The number of benzene rings is 1. The summed E-state index contributed by atoms with van der Waals surface area (Å²) in [6, 6.07) is 12.0. The van der Waals surface area contributed by atoms with E-state index in [0.29, 0.717) is 12.5 Å². The van der Waals surface area contributed by atoms with E-state index in [1.165, 1.54) is 5.56 Å². The van der Waals surface area contributed by atoms with Crippen LogP contribution in [0.3, 0.4) is 0 Å². The lowest BCUT2D eigenvalue weighted by molar-refractivity contribution is 0.968. The van der Waals surface area contributed by atoms with Crippen molar-refractivity contribution < 1.29 is 0 Å². The van der Waals surface area contributed by atoms with Crippen molar-refractivity contribution >= 4 is 35.6 Å². The molecule has 1 aromatic carbocycles. The third-order valence-corrected chi connectivity index (χ3v) is 3.62. The molecule has 25 heavy (non-hydrogen) atoms. The molecule has 0 amide bonds. The number of nitrogens with two attached hydrogens (primary N) is 1. The van der Waals surface area contributed by atoms with Crippen LogP contribution in [0.25, 0.3) is 5.82 Å². The molecule has 0 bridgehead atoms. The Balaban J connectivity index is 0.00000225. The largest absolute Gasteiger partial charge is 0.370 e. The van der Waals surface area contributed by atoms with Gasteiger partial charge < -0.3 is 11.1 Å². The molecule has 3 aromatic rings. The summed E-state index contributed by atoms with van der Waals surface area (Å²) in [6.45, 7) is 2.61. The maximum Gasteiger partial charge on any atom is 0.193 e. The molecule has 0 unspecified atom stereocenters. The summed E-state index contributed by atoms with van der Waals surface area (Å²) in [4.78, 5) is 12.8. The highest BCUT2D eigenvalue weighted by molar-refractivity contribution is 14.0. The average Bonchev–Trinajstić information content (AvgIpc) is 3.15. The van der Waals surface area contributed by atoms with Crippen LogP contribution in [0.4, 0.5) is 5.69 Å². The number of halogens is 1. The van der Waals surface area contributed by atoms with Gasteiger partial charge in [0.1, 0.15) is 12.1 Å². The molecule has 2 aromatic heterocycles. The number of guanidine groups is 1. The van der Waals surface area contributed by atoms with Gasteiger partial charge in [0.15, 0.2) is 5.96 Å². The summed E-state index contributed by atoms with van der Waals surface area (Å²) in [5.74, 6) is 1.20. The smallest absolute Gasteiger partial charge is 0.193 e. The molecule has 0 saturated carbocycles. The van der Waals surface area contributed by atoms with Crippen molar-refractivity contribution in [2.24, 2.45) is 10.7 Å². The summed E-state index contributed by atoms with van der Waals surface area (Å²) < 4.78 is 1.85. The fourth-order valence-corrected chi connectivity index (χ4v) is 2.33. The highest BCUT2D eigenvalue weighted by Crippen LogP contribution is 2.11. The SMILES string of the molecule is CCc1cccc(NC(N)=NCc2ccnc(-n3ccnc3)c2)c1.I. The first-order valence-electron chi connectivity index (χ1n) is 7.83. The first-order valence-corrected chi connectivity index (χ1v) is 7.83. The molecular weight excluding hydrogens is 427 g/mol. The van der Waals surface area contributed by atoms with Crippen LogP contribution in [0.15, 0.2) is 66.3 Å². The lowest BCUT2D eigenvalue weighted by atomic mass is 10.1. The van der Waals surface area contributed by atoms with E-state index in [0.717, 1.165) is 23.5 Å². The summed E-state index contributed by atoms with van der Waals surface area (Å²) >= 11 is 0. The van der Waals surface area contributed by atoms with Gasteiger partial charge in [-0.05, 0) is 41.8 Å². The second-order valence-corrected chi connectivity index (χ2v) is 5.37. The van der Waals surface area contributed by atoms with Gasteiger partial charge in [0, 0.05) is 24.3 Å². The van der Waals surface area contributed by atoms with Crippen LogP contribution < -0.4 is 11.1 Å². The molecule has 0 aliphatic rings. The molecule has 0 atom stereocenters. The van der Waals surface area contributed by atoms with Gasteiger partial charge in [-0.25, -0.2) is 15.0 Å². The normalized spacial score (nSPS) is 11.0. The van der Waals surface area contributed by atoms with Crippen LogP contribution in [-0.4, -0.2) is 20.5 Å². The highest BCUT2D eigenvalue weighted by atomic mass is 127. The van der Waals surface area contributed by atoms with Crippen molar-refractivity contribution in [3.63, 3.8) is 0 Å². The van der Waals surface area contributed by atoms with Gasteiger partial charge in [0.05, 0.1) is 6.54 Å². The van der Waals surface area contributed by atoms with E-state index in [9.17, 15) is 0 Å². The van der Waals surface area contributed by atoms with Crippen LogP contribution >= 0.6 is 24.0 Å². The van der Waals surface area contributed by atoms with Crippen LogP contribution in [0.1, 0.15) is 18.1 Å². The Morgan fingerprint density at radius 1 is 1.20 bits per heavy atom. The summed E-state index contributed by atoms with van der Waals surface area (Å²) in [5, 5.41) is 3.13. The Hall–Kier alpha value is -2.42. The van der Waals surface area contributed by atoms with Crippen molar-refractivity contribution in [3.8, 4) is 5.82 Å². The predicted octanol–water partition coefficient (Wildman–Crippen LogP) is 3.37. The van der Waals surface area contributed by atoms with Crippen LogP contribution in [0.2, 0.25) is 0 Å². The third kappa shape index (κ3) is 5.28. The standard InChI is InChI=1S/C18H20N6.HI/c1-2-14-4-3-5-16(10-14)23-18(19)22-12-15-6-7-21-17(11-15)24-9-8-20-13-24;/h3-11,13H,2,12H2,1H3,(H3,19,22,23);1H. The Morgan fingerprint density at radius 3 is 2.84 bits per heavy atom. The Labute approximate surface area is 164 Å². The van der Waals surface area contributed by atoms with Gasteiger partial charge in [0.2, 0.25) is 0 Å². The van der Waals surface area contributed by atoms with E-state index in [4.69, 9.17) is 5.73 Å². The Morgan fingerprint density at radius 2 is 2.08 bits per heavy atom. The maximum atomic E-state index is 5.99. The van der Waals surface area contributed by atoms with Gasteiger partial charge in [-0.15, -0.1) is 24.0 Å². The predicted molar refractivity (Wildman–Crippen MR) is 112 cm³/mol. The molecule has 0 fully saturated rings. The van der Waals surface area contributed by atoms with Gasteiger partial charge in [0.25, 0.3) is 0 Å². The molecule has 3 rings (SSSR count).